The minimum Gasteiger partial charge on any atom is -0.465 e. The summed E-state index contributed by atoms with van der Waals surface area (Å²) in [7, 11) is 1.33. The molecule has 7 nitrogen and oxygen atoms in total. The lowest BCUT2D eigenvalue weighted by Gasteiger charge is -2.14. The molecule has 4 rings (SSSR count). The van der Waals surface area contributed by atoms with E-state index in [0.29, 0.717) is 17.2 Å². The molecule has 0 saturated heterocycles. The molecule has 1 aromatic heterocycles. The van der Waals surface area contributed by atoms with Crippen LogP contribution in [0.25, 0.3) is 0 Å². The van der Waals surface area contributed by atoms with Gasteiger partial charge in [-0.2, -0.15) is 15.0 Å². The monoisotopic (exact) mass is 395 g/mol. The molecule has 28 heavy (non-hydrogen) atoms. The summed E-state index contributed by atoms with van der Waals surface area (Å²) < 4.78 is 4.81. The zero-order chi connectivity index (χ0) is 19.5. The fourth-order valence-electron chi connectivity index (χ4n) is 3.31. The largest absolute Gasteiger partial charge is 0.465 e. The number of rotatable bonds is 5. The van der Waals surface area contributed by atoms with Gasteiger partial charge in [0.2, 0.25) is 17.2 Å². The first-order valence-electron chi connectivity index (χ1n) is 8.81. The Morgan fingerprint density at radius 3 is 2.36 bits per heavy atom. The van der Waals surface area contributed by atoms with Gasteiger partial charge in [-0.3, -0.25) is 0 Å². The fourth-order valence-corrected chi connectivity index (χ4v) is 3.47. The van der Waals surface area contributed by atoms with Crippen molar-refractivity contribution in [2.45, 2.75) is 18.9 Å². The number of fused-ring (bicyclic) bond motifs is 1. The van der Waals surface area contributed by atoms with Crippen LogP contribution in [0, 0.1) is 0 Å². The smallest absolute Gasteiger partial charge is 0.339 e. The molecule has 0 unspecified atom stereocenters. The Balaban J connectivity index is 1.53. The molecule has 1 aliphatic rings. The molecule has 2 N–H and O–H groups in total. The minimum absolute atomic E-state index is 0.0612. The van der Waals surface area contributed by atoms with E-state index < -0.39 is 5.97 Å². The van der Waals surface area contributed by atoms with Gasteiger partial charge in [-0.05, 0) is 47.7 Å². The summed E-state index contributed by atoms with van der Waals surface area (Å²) in [5.41, 5.74) is 3.55. The number of esters is 1. The topological polar surface area (TPSA) is 89.0 Å². The molecule has 0 bridgehead atoms. The number of anilines is 3. The van der Waals surface area contributed by atoms with Gasteiger partial charge in [-0.1, -0.05) is 36.4 Å². The Morgan fingerprint density at radius 2 is 1.64 bits per heavy atom. The third-order valence-corrected chi connectivity index (χ3v) is 4.74. The van der Waals surface area contributed by atoms with Gasteiger partial charge in [0.25, 0.3) is 0 Å². The molecule has 8 heteroatoms. The molecule has 1 heterocycles. The fraction of sp³-hybridized carbons (Fsp3) is 0.200. The highest BCUT2D eigenvalue weighted by molar-refractivity contribution is 6.28. The average molecular weight is 396 g/mol. The lowest BCUT2D eigenvalue weighted by molar-refractivity contribution is 0.0602. The van der Waals surface area contributed by atoms with Crippen LogP contribution in [0.1, 0.15) is 21.5 Å². The quantitative estimate of drug-likeness (QED) is 0.637. The predicted molar refractivity (Wildman–Crippen MR) is 107 cm³/mol. The molecule has 0 spiro atoms. The molecule has 3 aromatic rings. The van der Waals surface area contributed by atoms with Crippen molar-refractivity contribution in [2.75, 3.05) is 17.7 Å². The van der Waals surface area contributed by atoms with Crippen LogP contribution in [0.5, 0.6) is 0 Å². The number of methoxy groups -OCH3 is 1. The second-order valence-electron chi connectivity index (χ2n) is 6.43. The number of carbonyl (C=O) groups excluding carboxylic acids is 1. The summed E-state index contributed by atoms with van der Waals surface area (Å²) in [5.74, 6) is 0.176. The van der Waals surface area contributed by atoms with Crippen molar-refractivity contribution < 1.29 is 9.53 Å². The molecule has 0 radical (unpaired) electrons. The molecule has 0 atom stereocenters. The van der Waals surface area contributed by atoms with Crippen LogP contribution in [-0.4, -0.2) is 34.1 Å². The number of nitrogens with zero attached hydrogens (tertiary/aromatic N) is 3. The number of hydrogen-bond acceptors (Lipinski definition) is 7. The molecule has 142 valence electrons. The summed E-state index contributed by atoms with van der Waals surface area (Å²) in [6.45, 7) is 0. The van der Waals surface area contributed by atoms with Crippen LogP contribution < -0.4 is 10.6 Å². The Labute approximate surface area is 167 Å². The molecule has 0 fully saturated rings. The molecular formula is C20H18ClN5O2. The van der Waals surface area contributed by atoms with Crippen LogP contribution in [-0.2, 0) is 17.6 Å². The van der Waals surface area contributed by atoms with E-state index in [1.165, 1.54) is 18.2 Å². The van der Waals surface area contributed by atoms with Gasteiger partial charge < -0.3 is 15.4 Å². The summed E-state index contributed by atoms with van der Waals surface area (Å²) in [6.07, 6.45) is 1.79. The van der Waals surface area contributed by atoms with E-state index in [4.69, 9.17) is 16.3 Å². The highest BCUT2D eigenvalue weighted by atomic mass is 35.5. The first-order valence-corrected chi connectivity index (χ1v) is 9.19. The Hall–Kier alpha value is -3.19. The minimum atomic E-state index is -0.453. The Kier molecular flexibility index (Phi) is 5.08. The van der Waals surface area contributed by atoms with Crippen LogP contribution >= 0.6 is 11.6 Å². The summed E-state index contributed by atoms with van der Waals surface area (Å²) >= 11 is 6.09. The summed E-state index contributed by atoms with van der Waals surface area (Å²) in [5, 5.41) is 6.41. The number of hydrogen-bond donors (Lipinski definition) is 2. The number of ether oxygens (including phenoxy) is 1. The van der Waals surface area contributed by atoms with Crippen LogP contribution in [0.4, 0.5) is 17.6 Å². The Bertz CT molecular complexity index is 1000. The normalized spacial score (nSPS) is 13.1. The predicted octanol–water partition coefficient (Wildman–Crippen LogP) is 3.63. The maximum absolute atomic E-state index is 11.9. The van der Waals surface area contributed by atoms with Crippen molar-refractivity contribution in [1.82, 2.24) is 15.0 Å². The van der Waals surface area contributed by atoms with Crippen LogP contribution in [0.3, 0.4) is 0 Å². The average Bonchev–Trinajstić information content (AvgIpc) is 3.09. The third-order valence-electron chi connectivity index (χ3n) is 4.57. The number of aromatic nitrogens is 3. The lowest BCUT2D eigenvalue weighted by atomic mass is 10.1. The van der Waals surface area contributed by atoms with Gasteiger partial charge in [0.1, 0.15) is 0 Å². The van der Waals surface area contributed by atoms with E-state index in [0.717, 1.165) is 12.8 Å². The summed E-state index contributed by atoms with van der Waals surface area (Å²) in [6, 6.07) is 15.5. The van der Waals surface area contributed by atoms with E-state index in [1.807, 2.05) is 12.1 Å². The van der Waals surface area contributed by atoms with Gasteiger partial charge in [-0.15, -0.1) is 0 Å². The second-order valence-corrected chi connectivity index (χ2v) is 6.77. The summed E-state index contributed by atoms with van der Waals surface area (Å²) in [4.78, 5) is 24.6. The van der Waals surface area contributed by atoms with E-state index in [-0.39, 0.29) is 17.3 Å². The maximum Gasteiger partial charge on any atom is 0.339 e. The zero-order valence-corrected chi connectivity index (χ0v) is 15.9. The van der Waals surface area contributed by atoms with Crippen molar-refractivity contribution in [1.29, 1.82) is 0 Å². The number of halogens is 1. The van der Waals surface area contributed by atoms with Crippen molar-refractivity contribution in [3.63, 3.8) is 0 Å². The highest BCUT2D eigenvalue weighted by Gasteiger charge is 2.22. The SMILES string of the molecule is COC(=O)c1ccccc1Nc1nc(Cl)nc(NC2Cc3ccccc3C2)n1. The molecule has 0 saturated carbocycles. The molecular weight excluding hydrogens is 378 g/mol. The first-order chi connectivity index (χ1) is 13.6. The van der Waals surface area contributed by atoms with E-state index in [1.54, 1.807) is 24.3 Å². The number of carbonyl (C=O) groups is 1. The number of para-hydroxylation sites is 1. The maximum atomic E-state index is 11.9. The van der Waals surface area contributed by atoms with Gasteiger partial charge >= 0.3 is 5.97 Å². The van der Waals surface area contributed by atoms with Crippen molar-refractivity contribution >= 4 is 35.2 Å². The van der Waals surface area contributed by atoms with E-state index in [9.17, 15) is 4.79 Å². The van der Waals surface area contributed by atoms with E-state index >= 15 is 0 Å². The van der Waals surface area contributed by atoms with Gasteiger partial charge in [-0.25, -0.2) is 4.79 Å². The van der Waals surface area contributed by atoms with Gasteiger partial charge in [0.15, 0.2) is 0 Å². The lowest BCUT2D eigenvalue weighted by Crippen LogP contribution is -2.21. The number of benzene rings is 2. The van der Waals surface area contributed by atoms with Crippen molar-refractivity contribution in [3.05, 3.63) is 70.5 Å². The van der Waals surface area contributed by atoms with Crippen LogP contribution in [0.15, 0.2) is 48.5 Å². The third kappa shape index (κ3) is 3.89. The Morgan fingerprint density at radius 1 is 1.00 bits per heavy atom. The van der Waals surface area contributed by atoms with Crippen LogP contribution in [0.2, 0.25) is 5.28 Å². The first kappa shape index (κ1) is 18.2. The molecule has 2 aromatic carbocycles. The van der Waals surface area contributed by atoms with Gasteiger partial charge in [0, 0.05) is 6.04 Å². The molecule has 0 aliphatic heterocycles. The van der Waals surface area contributed by atoms with Gasteiger partial charge in [0.05, 0.1) is 18.4 Å². The zero-order valence-electron chi connectivity index (χ0n) is 15.1. The van der Waals surface area contributed by atoms with Crippen molar-refractivity contribution in [2.24, 2.45) is 0 Å². The second kappa shape index (κ2) is 7.82. The van der Waals surface area contributed by atoms with Crippen molar-refractivity contribution in [3.8, 4) is 0 Å². The number of nitrogens with one attached hydrogen (secondary N) is 2. The molecule has 1 aliphatic carbocycles. The molecule has 0 amide bonds. The standard InChI is InChI=1S/C20H18ClN5O2/c1-28-17(27)15-8-4-5-9-16(15)23-20-25-18(21)24-19(26-20)22-14-10-12-6-2-3-7-13(12)11-14/h2-9,14H,10-11H2,1H3,(H2,22,23,24,25,26). The highest BCUT2D eigenvalue weighted by Crippen LogP contribution is 2.25. The van der Waals surface area contributed by atoms with E-state index in [2.05, 4.69) is 37.7 Å².